The zero-order valence-corrected chi connectivity index (χ0v) is 10.9. The van der Waals surface area contributed by atoms with E-state index in [-0.39, 0.29) is 5.54 Å². The molecule has 2 heteroatoms. The fourth-order valence-electron chi connectivity index (χ4n) is 3.43. The van der Waals surface area contributed by atoms with Gasteiger partial charge in [-0.25, -0.2) is 0 Å². The molecule has 2 aliphatic carbocycles. The molecule has 0 bridgehead atoms. The van der Waals surface area contributed by atoms with E-state index in [1.54, 1.807) is 0 Å². The quantitative estimate of drug-likeness (QED) is 0.795. The molecule has 0 aromatic rings. The molecule has 0 heterocycles. The SMILES string of the molecule is CN(CCC1(N)CCCCC1)C1CCCC1. The Labute approximate surface area is 101 Å². The molecule has 2 N–H and O–H groups in total. The monoisotopic (exact) mass is 224 g/mol. The smallest absolute Gasteiger partial charge is 0.0166 e. The van der Waals surface area contributed by atoms with Crippen LogP contribution in [-0.2, 0) is 0 Å². The summed E-state index contributed by atoms with van der Waals surface area (Å²) < 4.78 is 0. The van der Waals surface area contributed by atoms with Gasteiger partial charge in [-0.15, -0.1) is 0 Å². The minimum Gasteiger partial charge on any atom is -0.325 e. The molecular weight excluding hydrogens is 196 g/mol. The van der Waals surface area contributed by atoms with E-state index in [4.69, 9.17) is 5.73 Å². The van der Waals surface area contributed by atoms with Crippen LogP contribution in [0.15, 0.2) is 0 Å². The van der Waals surface area contributed by atoms with Gasteiger partial charge in [0.1, 0.15) is 0 Å². The van der Waals surface area contributed by atoms with E-state index in [2.05, 4.69) is 11.9 Å². The van der Waals surface area contributed by atoms with E-state index in [9.17, 15) is 0 Å². The average Bonchev–Trinajstić information content (AvgIpc) is 2.80. The number of nitrogens with two attached hydrogens (primary N) is 1. The lowest BCUT2D eigenvalue weighted by molar-refractivity contribution is 0.194. The molecule has 0 spiro atoms. The maximum atomic E-state index is 6.48. The molecule has 94 valence electrons. The van der Waals surface area contributed by atoms with Crippen LogP contribution in [0, 0.1) is 0 Å². The third-order valence-electron chi connectivity index (χ3n) is 4.76. The molecule has 2 rings (SSSR count). The predicted molar refractivity (Wildman–Crippen MR) is 69.5 cm³/mol. The van der Waals surface area contributed by atoms with Crippen molar-refractivity contribution < 1.29 is 0 Å². The van der Waals surface area contributed by atoms with Crippen LogP contribution >= 0.6 is 0 Å². The van der Waals surface area contributed by atoms with Crippen molar-refractivity contribution in [3.63, 3.8) is 0 Å². The van der Waals surface area contributed by atoms with Gasteiger partial charge in [-0.3, -0.25) is 0 Å². The average molecular weight is 224 g/mol. The first kappa shape index (κ1) is 12.4. The zero-order chi connectivity index (χ0) is 11.4. The summed E-state index contributed by atoms with van der Waals surface area (Å²) in [5, 5.41) is 0. The first-order chi connectivity index (χ1) is 7.70. The van der Waals surface area contributed by atoms with Crippen molar-refractivity contribution in [2.45, 2.75) is 75.8 Å². The second-order valence-electron chi connectivity index (χ2n) is 6.09. The molecule has 0 aromatic carbocycles. The van der Waals surface area contributed by atoms with Crippen LogP contribution in [0.3, 0.4) is 0 Å². The van der Waals surface area contributed by atoms with Crippen molar-refractivity contribution in [2.75, 3.05) is 13.6 Å². The van der Waals surface area contributed by atoms with Gasteiger partial charge in [-0.1, -0.05) is 32.1 Å². The first-order valence-electron chi connectivity index (χ1n) is 7.19. The predicted octanol–water partition coefficient (Wildman–Crippen LogP) is 2.91. The molecule has 0 aliphatic heterocycles. The normalized spacial score (nSPS) is 26.4. The molecule has 2 fully saturated rings. The lowest BCUT2D eigenvalue weighted by atomic mass is 9.80. The fourth-order valence-corrected chi connectivity index (χ4v) is 3.43. The van der Waals surface area contributed by atoms with E-state index in [0.717, 1.165) is 6.04 Å². The van der Waals surface area contributed by atoms with E-state index in [1.807, 2.05) is 0 Å². The maximum Gasteiger partial charge on any atom is 0.0166 e. The molecule has 2 aliphatic rings. The highest BCUT2D eigenvalue weighted by atomic mass is 15.1. The summed E-state index contributed by atoms with van der Waals surface area (Å²) in [6, 6.07) is 0.854. The minimum atomic E-state index is 0.172. The Morgan fingerprint density at radius 3 is 2.31 bits per heavy atom. The Bertz CT molecular complexity index is 203. The van der Waals surface area contributed by atoms with Crippen LogP contribution in [0.5, 0.6) is 0 Å². The van der Waals surface area contributed by atoms with Crippen LogP contribution in [0.2, 0.25) is 0 Å². The molecule has 16 heavy (non-hydrogen) atoms. The standard InChI is InChI=1S/C14H28N2/c1-16(13-7-3-4-8-13)12-11-14(15)9-5-2-6-10-14/h13H,2-12,15H2,1H3. The zero-order valence-electron chi connectivity index (χ0n) is 10.9. The highest BCUT2D eigenvalue weighted by Crippen LogP contribution is 2.30. The number of nitrogens with zero attached hydrogens (tertiary/aromatic N) is 1. The Kier molecular flexibility index (Phi) is 4.26. The second-order valence-corrected chi connectivity index (χ2v) is 6.09. The van der Waals surface area contributed by atoms with E-state index < -0.39 is 0 Å². The van der Waals surface area contributed by atoms with Crippen molar-refractivity contribution >= 4 is 0 Å². The summed E-state index contributed by atoms with van der Waals surface area (Å²) in [5.41, 5.74) is 6.65. The van der Waals surface area contributed by atoms with Crippen LogP contribution in [0.1, 0.15) is 64.2 Å². The lowest BCUT2D eigenvalue weighted by Gasteiger charge is -2.36. The highest BCUT2D eigenvalue weighted by Gasteiger charge is 2.28. The molecule has 2 saturated carbocycles. The third-order valence-corrected chi connectivity index (χ3v) is 4.76. The Hall–Kier alpha value is -0.0800. The van der Waals surface area contributed by atoms with Crippen LogP contribution in [0.4, 0.5) is 0 Å². The number of hydrogen-bond donors (Lipinski definition) is 1. The Morgan fingerprint density at radius 1 is 1.06 bits per heavy atom. The van der Waals surface area contributed by atoms with Crippen molar-refractivity contribution in [2.24, 2.45) is 5.73 Å². The minimum absolute atomic E-state index is 0.172. The van der Waals surface area contributed by atoms with Crippen LogP contribution in [-0.4, -0.2) is 30.1 Å². The summed E-state index contributed by atoms with van der Waals surface area (Å²) in [5.74, 6) is 0. The summed E-state index contributed by atoms with van der Waals surface area (Å²) in [6.45, 7) is 1.21. The molecule has 0 amide bonds. The van der Waals surface area contributed by atoms with E-state index in [0.29, 0.717) is 0 Å². The molecular formula is C14H28N2. The molecule has 0 saturated heterocycles. The van der Waals surface area contributed by atoms with Crippen molar-refractivity contribution in [3.05, 3.63) is 0 Å². The Balaban J connectivity index is 1.72. The lowest BCUT2D eigenvalue weighted by Crippen LogP contribution is -2.45. The van der Waals surface area contributed by atoms with Gasteiger partial charge in [0.2, 0.25) is 0 Å². The van der Waals surface area contributed by atoms with Gasteiger partial charge in [0, 0.05) is 11.6 Å². The van der Waals surface area contributed by atoms with Crippen LogP contribution < -0.4 is 5.73 Å². The topological polar surface area (TPSA) is 29.3 Å². The van der Waals surface area contributed by atoms with Crippen molar-refractivity contribution in [1.82, 2.24) is 4.90 Å². The van der Waals surface area contributed by atoms with Gasteiger partial charge in [-0.2, -0.15) is 0 Å². The van der Waals surface area contributed by atoms with Gasteiger partial charge in [0.05, 0.1) is 0 Å². The summed E-state index contributed by atoms with van der Waals surface area (Å²) in [6.07, 6.45) is 13.5. The summed E-state index contributed by atoms with van der Waals surface area (Å²) in [7, 11) is 2.29. The Morgan fingerprint density at radius 2 is 1.69 bits per heavy atom. The highest BCUT2D eigenvalue weighted by molar-refractivity contribution is 4.88. The molecule has 0 aromatic heterocycles. The molecule has 0 radical (unpaired) electrons. The number of rotatable bonds is 4. The largest absolute Gasteiger partial charge is 0.325 e. The van der Waals surface area contributed by atoms with Gasteiger partial charge >= 0.3 is 0 Å². The summed E-state index contributed by atoms with van der Waals surface area (Å²) in [4.78, 5) is 2.57. The van der Waals surface area contributed by atoms with Gasteiger partial charge in [0.25, 0.3) is 0 Å². The van der Waals surface area contributed by atoms with Crippen molar-refractivity contribution in [1.29, 1.82) is 0 Å². The third kappa shape index (κ3) is 3.21. The number of hydrogen-bond acceptors (Lipinski definition) is 2. The molecule has 0 unspecified atom stereocenters. The fraction of sp³-hybridized carbons (Fsp3) is 1.00. The first-order valence-corrected chi connectivity index (χ1v) is 7.19. The second kappa shape index (κ2) is 5.50. The summed E-state index contributed by atoms with van der Waals surface area (Å²) >= 11 is 0. The molecule has 0 atom stereocenters. The van der Waals surface area contributed by atoms with Gasteiger partial charge in [-0.05, 0) is 45.7 Å². The maximum absolute atomic E-state index is 6.48. The van der Waals surface area contributed by atoms with Gasteiger partial charge < -0.3 is 10.6 Å². The van der Waals surface area contributed by atoms with Gasteiger partial charge in [0.15, 0.2) is 0 Å². The van der Waals surface area contributed by atoms with Crippen LogP contribution in [0.25, 0.3) is 0 Å². The van der Waals surface area contributed by atoms with E-state index >= 15 is 0 Å². The van der Waals surface area contributed by atoms with Crippen molar-refractivity contribution in [3.8, 4) is 0 Å². The molecule has 2 nitrogen and oxygen atoms in total. The van der Waals surface area contributed by atoms with E-state index in [1.165, 1.54) is 70.8 Å².